The fourth-order valence-electron chi connectivity index (χ4n) is 3.70. The van der Waals surface area contributed by atoms with Gasteiger partial charge in [0.15, 0.2) is 6.54 Å². The Hall–Kier alpha value is -2.92. The van der Waals surface area contributed by atoms with Gasteiger partial charge in [-0.15, -0.1) is 0 Å². The Kier molecular flexibility index (Phi) is 5.66. The molecule has 1 heterocycles. The number of anilines is 1. The van der Waals surface area contributed by atoms with E-state index >= 15 is 0 Å². The van der Waals surface area contributed by atoms with Crippen LogP contribution in [-0.2, 0) is 4.79 Å². The number of aromatic nitrogens is 1. The number of H-pyrrole nitrogens is 1. The van der Waals surface area contributed by atoms with Gasteiger partial charge in [0.05, 0.1) is 7.05 Å². The van der Waals surface area contributed by atoms with Crippen LogP contribution in [0.5, 0.6) is 0 Å². The number of nitrogens with one attached hydrogen (secondary N) is 3. The van der Waals surface area contributed by atoms with Gasteiger partial charge in [-0.05, 0) is 44.9 Å². The number of carbonyl (C=O) groups excluding carboxylic acids is 2. The van der Waals surface area contributed by atoms with Gasteiger partial charge in [-0.2, -0.15) is 0 Å². The first kappa shape index (κ1) is 19.8. The average molecular weight is 378 g/mol. The van der Waals surface area contributed by atoms with Gasteiger partial charge in [0.2, 0.25) is 5.78 Å². The van der Waals surface area contributed by atoms with Crippen molar-refractivity contribution in [3.8, 4) is 0 Å². The molecule has 0 saturated carbocycles. The van der Waals surface area contributed by atoms with Crippen LogP contribution >= 0.6 is 0 Å². The molecular formula is C23H28N3O2+. The second-order valence-electron chi connectivity index (χ2n) is 7.68. The summed E-state index contributed by atoms with van der Waals surface area (Å²) < 4.78 is 0. The van der Waals surface area contributed by atoms with E-state index in [0.717, 1.165) is 32.6 Å². The van der Waals surface area contributed by atoms with Crippen LogP contribution in [0.3, 0.4) is 0 Å². The number of ketones is 1. The van der Waals surface area contributed by atoms with Crippen molar-refractivity contribution in [2.24, 2.45) is 0 Å². The van der Waals surface area contributed by atoms with Crippen LogP contribution in [0.2, 0.25) is 0 Å². The molecule has 0 radical (unpaired) electrons. The number of benzene rings is 2. The maximum absolute atomic E-state index is 13.0. The Morgan fingerprint density at radius 2 is 1.75 bits per heavy atom. The number of Topliss-reactive ketones (excluding diaryl/α,β-unsaturated/α-hetero) is 1. The third kappa shape index (κ3) is 3.99. The van der Waals surface area contributed by atoms with E-state index in [1.54, 1.807) is 6.20 Å². The van der Waals surface area contributed by atoms with Crippen molar-refractivity contribution in [1.82, 2.24) is 4.98 Å². The van der Waals surface area contributed by atoms with E-state index in [9.17, 15) is 9.59 Å². The summed E-state index contributed by atoms with van der Waals surface area (Å²) in [4.78, 5) is 29.6. The Bertz CT molecular complexity index is 1010. The maximum Gasteiger partial charge on any atom is 0.279 e. The van der Waals surface area contributed by atoms with Crippen LogP contribution in [0.1, 0.15) is 34.0 Å². The monoisotopic (exact) mass is 378 g/mol. The van der Waals surface area contributed by atoms with Gasteiger partial charge in [0.25, 0.3) is 5.91 Å². The third-order valence-electron chi connectivity index (χ3n) is 5.37. The molecular weight excluding hydrogens is 350 g/mol. The molecule has 3 N–H and O–H groups in total. The van der Waals surface area contributed by atoms with Crippen LogP contribution in [0.4, 0.5) is 5.69 Å². The highest BCUT2D eigenvalue weighted by molar-refractivity contribution is 6.09. The van der Waals surface area contributed by atoms with Crippen LogP contribution in [0.25, 0.3) is 10.9 Å². The first-order valence-corrected chi connectivity index (χ1v) is 9.58. The topological polar surface area (TPSA) is 66.4 Å². The molecule has 2 aromatic carbocycles. The molecule has 1 amide bonds. The average Bonchev–Trinajstić information content (AvgIpc) is 3.07. The molecule has 28 heavy (non-hydrogen) atoms. The molecule has 1 unspecified atom stereocenters. The standard InChI is InChI=1S/C23H27N3O2/c1-14-10-15(2)22(16(3)11-14)25-21(27)13-26(5)17(4)23(28)19-12-24-20-9-7-6-8-18(19)20/h6-12,17,24H,13H2,1-5H3,(H,25,27)/p+1/t17-/m0/s1. The number of fused-ring (bicyclic) bond motifs is 1. The SMILES string of the molecule is Cc1cc(C)c(NC(=O)C[NH+](C)[C@@H](C)C(=O)c2c[nH]c3ccccc23)c(C)c1. The van der Waals surface area contributed by atoms with Crippen LogP contribution < -0.4 is 10.2 Å². The Morgan fingerprint density at radius 1 is 1.11 bits per heavy atom. The number of amides is 1. The lowest BCUT2D eigenvalue weighted by atomic mass is 10.0. The first-order chi connectivity index (χ1) is 13.3. The molecule has 0 saturated heterocycles. The van der Waals surface area contributed by atoms with E-state index in [2.05, 4.69) is 22.4 Å². The summed E-state index contributed by atoms with van der Waals surface area (Å²) in [7, 11) is 1.88. The largest absolute Gasteiger partial charge is 0.360 e. The van der Waals surface area contributed by atoms with Gasteiger partial charge in [-0.1, -0.05) is 35.9 Å². The van der Waals surface area contributed by atoms with Crippen molar-refractivity contribution >= 4 is 28.3 Å². The number of hydrogen-bond acceptors (Lipinski definition) is 2. The fourth-order valence-corrected chi connectivity index (χ4v) is 3.70. The molecule has 5 nitrogen and oxygen atoms in total. The molecule has 0 bridgehead atoms. The van der Waals surface area contributed by atoms with E-state index in [1.165, 1.54) is 5.56 Å². The number of para-hydroxylation sites is 1. The molecule has 0 fully saturated rings. The van der Waals surface area contributed by atoms with Crippen molar-refractivity contribution in [3.05, 3.63) is 64.8 Å². The smallest absolute Gasteiger partial charge is 0.279 e. The number of quaternary nitrogens is 1. The summed E-state index contributed by atoms with van der Waals surface area (Å²) in [5.41, 5.74) is 5.75. The second kappa shape index (κ2) is 7.98. The lowest BCUT2D eigenvalue weighted by Gasteiger charge is -2.21. The molecule has 0 spiro atoms. The van der Waals surface area contributed by atoms with E-state index < -0.39 is 0 Å². The summed E-state index contributed by atoms with van der Waals surface area (Å²) in [6, 6.07) is 11.5. The summed E-state index contributed by atoms with van der Waals surface area (Å²) in [6.45, 7) is 8.13. The minimum absolute atomic E-state index is 0.0328. The van der Waals surface area contributed by atoms with Crippen molar-refractivity contribution in [1.29, 1.82) is 0 Å². The third-order valence-corrected chi connectivity index (χ3v) is 5.37. The lowest BCUT2D eigenvalue weighted by molar-refractivity contribution is -0.885. The van der Waals surface area contributed by atoms with E-state index in [1.807, 2.05) is 59.0 Å². The maximum atomic E-state index is 13.0. The highest BCUT2D eigenvalue weighted by Crippen LogP contribution is 2.22. The summed E-state index contributed by atoms with van der Waals surface area (Å²) in [6.07, 6.45) is 1.76. The number of rotatable bonds is 6. The molecule has 146 valence electrons. The van der Waals surface area contributed by atoms with Gasteiger partial charge >= 0.3 is 0 Å². The Labute approximate surface area is 165 Å². The van der Waals surface area contributed by atoms with Crippen LogP contribution in [0.15, 0.2) is 42.6 Å². The minimum Gasteiger partial charge on any atom is -0.360 e. The number of hydrogen-bond donors (Lipinski definition) is 3. The predicted octanol–water partition coefficient (Wildman–Crippen LogP) is 2.82. The van der Waals surface area contributed by atoms with E-state index in [-0.39, 0.29) is 24.3 Å². The Morgan fingerprint density at radius 3 is 2.43 bits per heavy atom. The molecule has 0 aliphatic heterocycles. The van der Waals surface area contributed by atoms with Crippen molar-refractivity contribution in [3.63, 3.8) is 0 Å². The molecule has 2 atom stereocenters. The summed E-state index contributed by atoms with van der Waals surface area (Å²) in [5.74, 6) is -0.0587. The molecule has 3 rings (SSSR count). The fraction of sp³-hybridized carbons (Fsp3) is 0.304. The van der Waals surface area contributed by atoms with Gasteiger partial charge in [-0.3, -0.25) is 9.59 Å². The van der Waals surface area contributed by atoms with Crippen molar-refractivity contribution < 1.29 is 14.5 Å². The van der Waals surface area contributed by atoms with Crippen LogP contribution in [0, 0.1) is 20.8 Å². The predicted molar refractivity (Wildman–Crippen MR) is 113 cm³/mol. The zero-order valence-electron chi connectivity index (χ0n) is 17.1. The van der Waals surface area contributed by atoms with Gasteiger partial charge in [-0.25, -0.2) is 0 Å². The molecule has 1 aromatic heterocycles. The van der Waals surface area contributed by atoms with Crippen molar-refractivity contribution in [2.45, 2.75) is 33.7 Å². The minimum atomic E-state index is -0.329. The summed E-state index contributed by atoms with van der Waals surface area (Å²) in [5, 5.41) is 3.94. The quantitative estimate of drug-likeness (QED) is 0.578. The molecule has 5 heteroatoms. The summed E-state index contributed by atoms with van der Waals surface area (Å²) >= 11 is 0. The first-order valence-electron chi connectivity index (χ1n) is 9.58. The second-order valence-corrected chi connectivity index (χ2v) is 7.68. The Balaban J connectivity index is 1.69. The zero-order chi connectivity index (χ0) is 20.4. The number of aromatic amines is 1. The van der Waals surface area contributed by atoms with E-state index in [4.69, 9.17) is 0 Å². The van der Waals surface area contributed by atoms with Gasteiger partial charge in [0, 0.05) is 28.4 Å². The zero-order valence-corrected chi connectivity index (χ0v) is 17.1. The van der Waals surface area contributed by atoms with Crippen molar-refractivity contribution in [2.75, 3.05) is 18.9 Å². The number of carbonyl (C=O) groups is 2. The van der Waals surface area contributed by atoms with E-state index in [0.29, 0.717) is 5.56 Å². The highest BCUT2D eigenvalue weighted by Gasteiger charge is 2.27. The van der Waals surface area contributed by atoms with Gasteiger partial charge < -0.3 is 15.2 Å². The normalized spacial score (nSPS) is 13.3. The van der Waals surface area contributed by atoms with Crippen LogP contribution in [-0.4, -0.2) is 36.3 Å². The molecule has 3 aromatic rings. The molecule has 0 aliphatic carbocycles. The lowest BCUT2D eigenvalue weighted by Crippen LogP contribution is -3.14. The molecule has 0 aliphatic rings. The van der Waals surface area contributed by atoms with Gasteiger partial charge in [0.1, 0.15) is 6.04 Å². The highest BCUT2D eigenvalue weighted by atomic mass is 16.2. The number of aryl methyl sites for hydroxylation is 3. The number of likely N-dealkylation sites (N-methyl/N-ethyl adjacent to an activating group) is 1.